The number of carbonyl (C=O) groups excluding carboxylic acids is 2. The van der Waals surface area contributed by atoms with Crippen LogP contribution in [0, 0.1) is 5.92 Å². The summed E-state index contributed by atoms with van der Waals surface area (Å²) in [7, 11) is 0. The fourth-order valence-electron chi connectivity index (χ4n) is 3.12. The molecular weight excluding hydrogens is 260 g/mol. The predicted octanol–water partition coefficient (Wildman–Crippen LogP) is 1.60. The maximum absolute atomic E-state index is 12.6. The summed E-state index contributed by atoms with van der Waals surface area (Å²) in [6, 6.07) is -0.451. The van der Waals surface area contributed by atoms with Gasteiger partial charge in [0, 0.05) is 18.3 Å². The van der Waals surface area contributed by atoms with Gasteiger partial charge in [-0.3, -0.25) is 9.59 Å². The molecule has 0 aromatic heterocycles. The maximum atomic E-state index is 12.6. The molecule has 2 fully saturated rings. The van der Waals surface area contributed by atoms with E-state index in [2.05, 4.69) is 6.92 Å². The van der Waals surface area contributed by atoms with E-state index in [1.807, 2.05) is 29.9 Å². The van der Waals surface area contributed by atoms with Crippen LogP contribution in [0.15, 0.2) is 0 Å². The Balaban J connectivity index is 2.25. The highest BCUT2D eigenvalue weighted by Gasteiger charge is 2.48. The van der Waals surface area contributed by atoms with Crippen molar-refractivity contribution >= 4 is 23.6 Å². The molecule has 2 saturated heterocycles. The van der Waals surface area contributed by atoms with Crippen molar-refractivity contribution in [3.05, 3.63) is 0 Å². The standard InChI is InChI=1S/C14H24N2O2S/c1-9(2)12-14(18)15-7-5-6-11(15)13(17)16(12)8-10(3)19-4/h9-12H,5-8H2,1-4H3. The largest absolute Gasteiger partial charge is 0.329 e. The number of rotatable bonds is 4. The fraction of sp³-hybridized carbons (Fsp3) is 0.857. The lowest BCUT2D eigenvalue weighted by Gasteiger charge is -2.44. The van der Waals surface area contributed by atoms with Gasteiger partial charge in [-0.2, -0.15) is 11.8 Å². The van der Waals surface area contributed by atoms with Gasteiger partial charge in [-0.05, 0) is 25.0 Å². The number of nitrogens with zero attached hydrogens (tertiary/aromatic N) is 2. The third-order valence-electron chi connectivity index (χ3n) is 4.18. The number of hydrogen-bond donors (Lipinski definition) is 0. The molecule has 2 aliphatic heterocycles. The Morgan fingerprint density at radius 3 is 2.53 bits per heavy atom. The van der Waals surface area contributed by atoms with Crippen LogP contribution in [0.4, 0.5) is 0 Å². The summed E-state index contributed by atoms with van der Waals surface area (Å²) < 4.78 is 0. The molecule has 4 nitrogen and oxygen atoms in total. The van der Waals surface area contributed by atoms with Gasteiger partial charge in [0.25, 0.3) is 0 Å². The van der Waals surface area contributed by atoms with Crippen LogP contribution in [0.1, 0.15) is 33.6 Å². The van der Waals surface area contributed by atoms with Crippen molar-refractivity contribution in [2.24, 2.45) is 5.92 Å². The summed E-state index contributed by atoms with van der Waals surface area (Å²) in [6.45, 7) is 7.61. The highest BCUT2D eigenvalue weighted by Crippen LogP contribution is 2.30. The minimum absolute atomic E-state index is 0.158. The topological polar surface area (TPSA) is 40.6 Å². The van der Waals surface area contributed by atoms with Crippen molar-refractivity contribution < 1.29 is 9.59 Å². The first-order valence-electron chi connectivity index (χ1n) is 7.11. The first-order valence-corrected chi connectivity index (χ1v) is 8.40. The SMILES string of the molecule is CSC(C)CN1C(=O)C2CCCN2C(=O)C1C(C)C. The third kappa shape index (κ3) is 2.62. The van der Waals surface area contributed by atoms with Crippen LogP contribution < -0.4 is 0 Å². The zero-order chi connectivity index (χ0) is 14.2. The molecule has 2 aliphatic rings. The van der Waals surface area contributed by atoms with Crippen LogP contribution in [-0.2, 0) is 9.59 Å². The molecule has 0 spiro atoms. The Kier molecular flexibility index (Phi) is 4.43. The Hall–Kier alpha value is -0.710. The van der Waals surface area contributed by atoms with Crippen molar-refractivity contribution in [3.63, 3.8) is 0 Å². The molecule has 0 aliphatic carbocycles. The molecular formula is C14H24N2O2S. The van der Waals surface area contributed by atoms with Gasteiger partial charge in [-0.25, -0.2) is 0 Å². The van der Waals surface area contributed by atoms with Gasteiger partial charge in [-0.15, -0.1) is 0 Å². The van der Waals surface area contributed by atoms with E-state index >= 15 is 0 Å². The van der Waals surface area contributed by atoms with Crippen LogP contribution in [0.3, 0.4) is 0 Å². The van der Waals surface area contributed by atoms with Crippen LogP contribution >= 0.6 is 11.8 Å². The zero-order valence-corrected chi connectivity index (χ0v) is 13.1. The van der Waals surface area contributed by atoms with E-state index in [0.717, 1.165) is 19.4 Å². The second kappa shape index (κ2) is 5.73. The lowest BCUT2D eigenvalue weighted by Crippen LogP contribution is -2.65. The quantitative estimate of drug-likeness (QED) is 0.787. The van der Waals surface area contributed by atoms with E-state index in [1.165, 1.54) is 0 Å². The first kappa shape index (κ1) is 14.7. The van der Waals surface area contributed by atoms with E-state index in [1.54, 1.807) is 11.8 Å². The highest BCUT2D eigenvalue weighted by molar-refractivity contribution is 7.99. The van der Waals surface area contributed by atoms with Crippen molar-refractivity contribution in [1.29, 1.82) is 0 Å². The molecule has 108 valence electrons. The summed E-state index contributed by atoms with van der Waals surface area (Å²) in [5.74, 6) is 0.495. The van der Waals surface area contributed by atoms with Gasteiger partial charge in [0.05, 0.1) is 0 Å². The fourth-order valence-corrected chi connectivity index (χ4v) is 3.43. The lowest BCUT2D eigenvalue weighted by atomic mass is 9.95. The molecule has 0 aromatic rings. The third-order valence-corrected chi connectivity index (χ3v) is 5.13. The second-order valence-electron chi connectivity index (χ2n) is 5.92. The van der Waals surface area contributed by atoms with Gasteiger partial charge in [0.1, 0.15) is 12.1 Å². The normalized spacial score (nSPS) is 29.1. The number of carbonyl (C=O) groups is 2. The second-order valence-corrected chi connectivity index (χ2v) is 7.19. The van der Waals surface area contributed by atoms with Crippen LogP contribution in [0.25, 0.3) is 0 Å². The average molecular weight is 284 g/mol. The number of piperazine rings is 1. The molecule has 3 atom stereocenters. The molecule has 2 heterocycles. The minimum Gasteiger partial charge on any atom is -0.329 e. The Morgan fingerprint density at radius 2 is 1.95 bits per heavy atom. The molecule has 19 heavy (non-hydrogen) atoms. The summed E-state index contributed by atoms with van der Waals surface area (Å²) in [4.78, 5) is 28.9. The van der Waals surface area contributed by atoms with Crippen LogP contribution in [0.5, 0.6) is 0 Å². The van der Waals surface area contributed by atoms with Gasteiger partial charge in [-0.1, -0.05) is 20.8 Å². The van der Waals surface area contributed by atoms with E-state index in [-0.39, 0.29) is 29.8 Å². The van der Waals surface area contributed by atoms with E-state index < -0.39 is 0 Å². The first-order chi connectivity index (χ1) is 8.97. The van der Waals surface area contributed by atoms with Gasteiger partial charge >= 0.3 is 0 Å². The lowest BCUT2D eigenvalue weighted by molar-refractivity contribution is -0.161. The van der Waals surface area contributed by atoms with E-state index in [0.29, 0.717) is 11.8 Å². The van der Waals surface area contributed by atoms with E-state index in [4.69, 9.17) is 0 Å². The van der Waals surface area contributed by atoms with Crippen molar-refractivity contribution in [3.8, 4) is 0 Å². The van der Waals surface area contributed by atoms with Gasteiger partial charge in [0.2, 0.25) is 11.8 Å². The minimum atomic E-state index is -0.267. The van der Waals surface area contributed by atoms with E-state index in [9.17, 15) is 9.59 Å². The van der Waals surface area contributed by atoms with Gasteiger partial charge < -0.3 is 9.80 Å². The van der Waals surface area contributed by atoms with Crippen molar-refractivity contribution in [1.82, 2.24) is 9.80 Å². The molecule has 0 N–H and O–H groups in total. The Labute approximate surface area is 119 Å². The monoisotopic (exact) mass is 284 g/mol. The summed E-state index contributed by atoms with van der Waals surface area (Å²) in [5, 5.41) is 0.367. The Bertz CT molecular complexity index is 372. The molecule has 5 heteroatoms. The van der Waals surface area contributed by atoms with Gasteiger partial charge in [0.15, 0.2) is 0 Å². The molecule has 0 bridgehead atoms. The van der Waals surface area contributed by atoms with Crippen molar-refractivity contribution in [2.75, 3.05) is 19.3 Å². The highest BCUT2D eigenvalue weighted by atomic mass is 32.2. The van der Waals surface area contributed by atoms with Crippen molar-refractivity contribution in [2.45, 2.75) is 50.9 Å². The number of amides is 2. The molecule has 0 saturated carbocycles. The number of fused-ring (bicyclic) bond motifs is 1. The molecule has 2 amide bonds. The summed E-state index contributed by atoms with van der Waals surface area (Å²) in [5.41, 5.74) is 0. The molecule has 2 rings (SSSR count). The molecule has 0 radical (unpaired) electrons. The number of thioether (sulfide) groups is 1. The molecule has 3 unspecified atom stereocenters. The summed E-state index contributed by atoms with van der Waals surface area (Å²) in [6.07, 6.45) is 3.84. The Morgan fingerprint density at radius 1 is 1.26 bits per heavy atom. The zero-order valence-electron chi connectivity index (χ0n) is 12.3. The van der Waals surface area contributed by atoms with Crippen LogP contribution in [0.2, 0.25) is 0 Å². The van der Waals surface area contributed by atoms with Crippen LogP contribution in [-0.4, -0.2) is 58.3 Å². The maximum Gasteiger partial charge on any atom is 0.246 e. The summed E-state index contributed by atoms with van der Waals surface area (Å²) >= 11 is 1.74. The smallest absolute Gasteiger partial charge is 0.246 e. The molecule has 0 aromatic carbocycles. The average Bonchev–Trinajstić information content (AvgIpc) is 2.84. The number of hydrogen-bond acceptors (Lipinski definition) is 3. The predicted molar refractivity (Wildman–Crippen MR) is 78.1 cm³/mol.